The predicted octanol–water partition coefficient (Wildman–Crippen LogP) is 17.3. The number of rotatable bonds is 0. The molecule has 0 bridgehead atoms. The minimum Gasteiger partial charge on any atom is -0.389 e. The zero-order valence-electron chi connectivity index (χ0n) is 46.6. The molecule has 14 aliphatic carbocycles. The topological polar surface area (TPSA) is 94.8 Å². The Morgan fingerprint density at radius 3 is 1.33 bits per heavy atom. The van der Waals surface area contributed by atoms with Gasteiger partial charge >= 0.3 is 0 Å². The van der Waals surface area contributed by atoms with E-state index in [1.807, 2.05) is 12.2 Å². The summed E-state index contributed by atoms with van der Waals surface area (Å²) in [4.78, 5) is 22.7. The van der Waals surface area contributed by atoms with Crippen LogP contribution in [-0.2, 0) is 9.59 Å². The smallest absolute Gasteiger partial charge is 0.155 e. The molecule has 16 atom stereocenters. The van der Waals surface area contributed by atoms with Gasteiger partial charge in [0.25, 0.3) is 0 Å². The van der Waals surface area contributed by atoms with Crippen LogP contribution in [0.5, 0.6) is 0 Å². The van der Waals surface area contributed by atoms with Crippen molar-refractivity contribution in [1.29, 1.82) is 0 Å². The van der Waals surface area contributed by atoms with Crippen molar-refractivity contribution in [2.24, 2.45) is 75.9 Å². The molecule has 0 aromatic heterocycles. The van der Waals surface area contributed by atoms with Crippen LogP contribution in [0, 0.1) is 101 Å². The summed E-state index contributed by atoms with van der Waals surface area (Å²) in [7, 11) is 0. The zero-order valence-corrected chi connectivity index (χ0v) is 46.6. The lowest BCUT2D eigenvalue weighted by molar-refractivity contribution is -0.116. The highest BCUT2D eigenvalue weighted by molar-refractivity contribution is 5.91. The van der Waals surface area contributed by atoms with Crippen molar-refractivity contribution in [1.82, 2.24) is 0 Å². The zero-order chi connectivity index (χ0) is 52.3. The first-order valence-corrected chi connectivity index (χ1v) is 31.3. The van der Waals surface area contributed by atoms with E-state index in [-0.39, 0.29) is 51.4 Å². The van der Waals surface area contributed by atoms with Crippen LogP contribution in [0.25, 0.3) is 0 Å². The Bertz CT molecular complexity index is 2370. The average Bonchev–Trinajstić information content (AvgIpc) is 4.05. The summed E-state index contributed by atoms with van der Waals surface area (Å²) in [5.41, 5.74) is 10.7. The van der Waals surface area contributed by atoms with Gasteiger partial charge in [-0.1, -0.05) is 125 Å². The van der Waals surface area contributed by atoms with E-state index >= 15 is 0 Å². The summed E-state index contributed by atoms with van der Waals surface area (Å²) >= 11 is 0. The Hall–Kier alpha value is -3.48. The monoisotopic (exact) mass is 1060 g/mol. The third-order valence-corrected chi connectivity index (χ3v) is 23.1. The van der Waals surface area contributed by atoms with E-state index < -0.39 is 0 Å². The number of carbonyl (C=O) groups is 2. The number of allylic oxidation sites excluding steroid dienone is 11. The molecule has 0 amide bonds. The standard InChI is InChI=1S/C20H26O.C20H24O.2C10H16O.C10H14O.3CH4/c2*1-3-14-5-9-19-18-7-4-13-12-15(21)6-8-16(13)17(18)10-11-20(14,19)2;3*11-10-6-5-8-3-1-2-4-9(8)7-10;;;/h1,5,12,15-19,21H,4,6-11H2,2H3;1,5,12,16-19H,4,6-11H2,2H3;2*7-8,10-11H,1-6H2;7-8H,1-6H2;3*1H4/t15-,16-,17?,18?,19?,20+;16-,17?,18?,19?,20+;2*8-,10-;8-;;;/m00000.../s1. The second-order valence-corrected chi connectivity index (χ2v) is 27.0. The van der Waals surface area contributed by atoms with Crippen LogP contribution in [0.4, 0.5) is 0 Å². The van der Waals surface area contributed by atoms with E-state index in [9.17, 15) is 24.9 Å². The van der Waals surface area contributed by atoms with Crippen LogP contribution in [0.2, 0.25) is 0 Å². The maximum Gasteiger partial charge on any atom is 0.155 e. The molecule has 0 heterocycles. The Labute approximate surface area is 476 Å². The Morgan fingerprint density at radius 2 is 0.833 bits per heavy atom. The normalized spacial score (nSPS) is 40.1. The molecule has 3 N–H and O–H groups in total. The SMILES string of the molecule is C.C.C.C#CC1=CCC2C3CCC4=CC(=O)CC[C@@H]4C3CC[C@]12C.C#CC1=CCC2C3CCC4=C[C@@H](O)CC[C@@H]4C3CC[C@]12C.O=C1C=C2CCCC[C@H]2CC1.O[C@@H]1C=C2CCCC[C@H]2CC1.O[C@@H]1C=C2CCCC[C@H]2CC1. The van der Waals surface area contributed by atoms with Crippen molar-refractivity contribution in [3.05, 3.63) is 81.5 Å². The fraction of sp³-hybridized carbons (Fsp3) is 0.726. The summed E-state index contributed by atoms with van der Waals surface area (Å²) in [6, 6.07) is 0. The minimum absolute atomic E-state index is 0. The molecule has 0 spiro atoms. The van der Waals surface area contributed by atoms with Gasteiger partial charge in [-0.05, 0) is 251 Å². The van der Waals surface area contributed by atoms with Gasteiger partial charge in [0, 0.05) is 34.8 Å². The van der Waals surface area contributed by atoms with Crippen molar-refractivity contribution in [2.75, 3.05) is 0 Å². The highest BCUT2D eigenvalue weighted by Gasteiger charge is 2.55. The first-order valence-electron chi connectivity index (χ1n) is 31.3. The number of aliphatic hydroxyl groups excluding tert-OH is 3. The summed E-state index contributed by atoms with van der Waals surface area (Å²) in [5, 5.41) is 28.6. The van der Waals surface area contributed by atoms with Crippen LogP contribution in [0.1, 0.15) is 242 Å². The Kier molecular flexibility index (Phi) is 21.9. The fourth-order valence-corrected chi connectivity index (χ4v) is 19.0. The van der Waals surface area contributed by atoms with E-state index in [4.69, 9.17) is 12.8 Å². The molecular formula is C73H108O5. The Morgan fingerprint density at radius 1 is 0.423 bits per heavy atom. The van der Waals surface area contributed by atoms with Gasteiger partial charge in [-0.2, -0.15) is 0 Å². The van der Waals surface area contributed by atoms with Crippen molar-refractivity contribution in [3.63, 3.8) is 0 Å². The fourth-order valence-electron chi connectivity index (χ4n) is 19.0. The number of terminal acetylenes is 2. The molecule has 430 valence electrons. The molecule has 7 saturated carbocycles. The highest BCUT2D eigenvalue weighted by Crippen LogP contribution is 2.63. The third kappa shape index (κ3) is 13.4. The third-order valence-electron chi connectivity index (χ3n) is 23.1. The van der Waals surface area contributed by atoms with Gasteiger partial charge in [0.1, 0.15) is 0 Å². The summed E-state index contributed by atoms with van der Waals surface area (Å²) in [6.07, 6.45) is 64.9. The molecule has 7 fully saturated rings. The lowest BCUT2D eigenvalue weighted by Crippen LogP contribution is -2.45. The number of ketones is 2. The number of hydrogen-bond donors (Lipinski definition) is 3. The quantitative estimate of drug-likeness (QED) is 0.166. The lowest BCUT2D eigenvalue weighted by atomic mass is 9.51. The number of fused-ring (bicyclic) bond motifs is 13. The highest BCUT2D eigenvalue weighted by atomic mass is 16.3. The molecule has 0 aliphatic heterocycles. The second kappa shape index (κ2) is 27.5. The molecule has 78 heavy (non-hydrogen) atoms. The van der Waals surface area contributed by atoms with E-state index in [0.717, 1.165) is 111 Å². The van der Waals surface area contributed by atoms with Gasteiger partial charge in [-0.25, -0.2) is 0 Å². The molecule has 5 heteroatoms. The van der Waals surface area contributed by atoms with E-state index in [1.165, 1.54) is 176 Å². The number of aliphatic hydroxyl groups is 3. The summed E-state index contributed by atoms with van der Waals surface area (Å²) < 4.78 is 0. The molecular weight excluding hydrogens is 957 g/mol. The first-order chi connectivity index (χ1) is 36.3. The maximum atomic E-state index is 11.7. The van der Waals surface area contributed by atoms with Crippen LogP contribution in [0.15, 0.2) is 81.5 Å². The van der Waals surface area contributed by atoms with Gasteiger partial charge in [0.15, 0.2) is 11.6 Å². The van der Waals surface area contributed by atoms with E-state index in [2.05, 4.69) is 56.1 Å². The van der Waals surface area contributed by atoms with Crippen LogP contribution in [0.3, 0.4) is 0 Å². The van der Waals surface area contributed by atoms with Gasteiger partial charge < -0.3 is 15.3 Å². The van der Waals surface area contributed by atoms with Crippen molar-refractivity contribution in [3.8, 4) is 24.7 Å². The summed E-state index contributed by atoms with van der Waals surface area (Å²) in [5.74, 6) is 15.4. The molecule has 0 aromatic carbocycles. The van der Waals surface area contributed by atoms with Crippen LogP contribution < -0.4 is 0 Å². The molecule has 6 unspecified atom stereocenters. The van der Waals surface area contributed by atoms with Crippen molar-refractivity contribution in [2.45, 2.75) is 260 Å². The summed E-state index contributed by atoms with van der Waals surface area (Å²) in [6.45, 7) is 4.82. The molecule has 14 rings (SSSR count). The Balaban J connectivity index is 0.000000145. The van der Waals surface area contributed by atoms with Gasteiger partial charge in [-0.15, -0.1) is 12.8 Å². The largest absolute Gasteiger partial charge is 0.389 e. The lowest BCUT2D eigenvalue weighted by Gasteiger charge is -2.53. The molecule has 0 aromatic rings. The predicted molar refractivity (Wildman–Crippen MR) is 325 cm³/mol. The maximum absolute atomic E-state index is 11.7. The van der Waals surface area contributed by atoms with Gasteiger partial charge in [0.05, 0.1) is 18.3 Å². The van der Waals surface area contributed by atoms with E-state index in [1.54, 1.807) is 16.7 Å². The second-order valence-electron chi connectivity index (χ2n) is 27.0. The van der Waals surface area contributed by atoms with Crippen LogP contribution in [-0.4, -0.2) is 45.2 Å². The minimum atomic E-state index is -0.178. The van der Waals surface area contributed by atoms with Gasteiger partial charge in [0.2, 0.25) is 0 Å². The van der Waals surface area contributed by atoms with Crippen LogP contribution >= 0.6 is 0 Å². The molecule has 0 saturated heterocycles. The molecule has 0 radical (unpaired) electrons. The average molecular weight is 1070 g/mol. The van der Waals surface area contributed by atoms with E-state index in [0.29, 0.717) is 17.5 Å². The first kappa shape index (κ1) is 62.1. The van der Waals surface area contributed by atoms with Gasteiger partial charge in [-0.3, -0.25) is 9.59 Å². The van der Waals surface area contributed by atoms with Crippen molar-refractivity contribution < 1.29 is 24.9 Å². The molecule has 5 nitrogen and oxygen atoms in total. The molecule has 14 aliphatic rings. The van der Waals surface area contributed by atoms with Crippen molar-refractivity contribution >= 4 is 11.6 Å². The number of carbonyl (C=O) groups excluding carboxylic acids is 2. The number of hydrogen-bond acceptors (Lipinski definition) is 5.